The Bertz CT molecular complexity index is 550. The van der Waals surface area contributed by atoms with Crippen molar-refractivity contribution in [1.82, 2.24) is 4.98 Å². The fourth-order valence-corrected chi connectivity index (χ4v) is 1.92. The Morgan fingerprint density at radius 2 is 2.31 bits per heavy atom. The third-order valence-corrected chi connectivity index (χ3v) is 2.99. The van der Waals surface area contributed by atoms with Gasteiger partial charge in [0.15, 0.2) is 0 Å². The first-order valence-corrected chi connectivity index (χ1v) is 5.56. The Morgan fingerprint density at radius 1 is 1.56 bits per heavy atom. The van der Waals surface area contributed by atoms with E-state index in [9.17, 15) is 9.18 Å². The number of fused-ring (bicyclic) bond motifs is 1. The summed E-state index contributed by atoms with van der Waals surface area (Å²) >= 11 is 3.14. The van der Waals surface area contributed by atoms with Gasteiger partial charge in [0.1, 0.15) is 11.5 Å². The van der Waals surface area contributed by atoms with Gasteiger partial charge in [-0.25, -0.2) is 9.18 Å². The number of aromatic nitrogens is 1. The number of esters is 1. The van der Waals surface area contributed by atoms with E-state index < -0.39 is 5.97 Å². The summed E-state index contributed by atoms with van der Waals surface area (Å²) in [4.78, 5) is 14.3. The van der Waals surface area contributed by atoms with Gasteiger partial charge in [0.25, 0.3) is 0 Å². The van der Waals surface area contributed by atoms with E-state index in [-0.39, 0.29) is 5.82 Å². The molecule has 0 aliphatic heterocycles. The minimum Gasteiger partial charge on any atom is -0.461 e. The number of rotatable bonds is 2. The monoisotopic (exact) mass is 285 g/mol. The second-order valence-electron chi connectivity index (χ2n) is 3.23. The van der Waals surface area contributed by atoms with Crippen LogP contribution in [0.25, 0.3) is 10.9 Å². The number of H-pyrrole nitrogens is 1. The summed E-state index contributed by atoms with van der Waals surface area (Å²) in [6.07, 6.45) is 0. The summed E-state index contributed by atoms with van der Waals surface area (Å²) in [5.41, 5.74) is 1.01. The zero-order valence-corrected chi connectivity index (χ0v) is 10.1. The predicted octanol–water partition coefficient (Wildman–Crippen LogP) is 3.25. The molecule has 0 spiro atoms. The zero-order valence-electron chi connectivity index (χ0n) is 8.51. The molecule has 0 saturated carbocycles. The van der Waals surface area contributed by atoms with Crippen molar-refractivity contribution in [3.63, 3.8) is 0 Å². The molecule has 0 saturated heterocycles. The van der Waals surface area contributed by atoms with Gasteiger partial charge in [-0.1, -0.05) is 0 Å². The number of nitrogens with one attached hydrogen (secondary N) is 1. The lowest BCUT2D eigenvalue weighted by Gasteiger charge is -1.96. The lowest BCUT2D eigenvalue weighted by atomic mass is 10.2. The van der Waals surface area contributed by atoms with Crippen LogP contribution in [-0.4, -0.2) is 17.6 Å². The Morgan fingerprint density at radius 3 is 3.00 bits per heavy atom. The fraction of sp³-hybridized carbons (Fsp3) is 0.182. The maximum Gasteiger partial charge on any atom is 0.354 e. The van der Waals surface area contributed by atoms with Crippen molar-refractivity contribution in [1.29, 1.82) is 0 Å². The summed E-state index contributed by atoms with van der Waals surface area (Å²) < 4.78 is 18.4. The van der Waals surface area contributed by atoms with Gasteiger partial charge in [0, 0.05) is 10.9 Å². The SMILES string of the molecule is CCOC(=O)c1cc2c(Br)c(F)ccc2[nH]1. The minimum atomic E-state index is -0.439. The Hall–Kier alpha value is -1.36. The second kappa shape index (κ2) is 4.25. The van der Waals surface area contributed by atoms with Gasteiger partial charge < -0.3 is 9.72 Å². The molecule has 0 unspecified atom stereocenters. The van der Waals surface area contributed by atoms with Crippen LogP contribution in [0.2, 0.25) is 0 Å². The first-order valence-electron chi connectivity index (χ1n) is 4.77. The lowest BCUT2D eigenvalue weighted by Crippen LogP contribution is -2.04. The molecule has 1 aromatic heterocycles. The summed E-state index contributed by atoms with van der Waals surface area (Å²) in [6.45, 7) is 2.04. The molecule has 1 heterocycles. The molecule has 1 aromatic carbocycles. The van der Waals surface area contributed by atoms with Crippen LogP contribution in [0.3, 0.4) is 0 Å². The highest BCUT2D eigenvalue weighted by molar-refractivity contribution is 9.10. The summed E-state index contributed by atoms with van der Waals surface area (Å²) in [5, 5.41) is 0.628. The van der Waals surface area contributed by atoms with E-state index in [2.05, 4.69) is 20.9 Å². The average molecular weight is 286 g/mol. The fourth-order valence-electron chi connectivity index (χ4n) is 1.46. The number of benzene rings is 1. The van der Waals surface area contributed by atoms with E-state index in [1.165, 1.54) is 6.07 Å². The highest BCUT2D eigenvalue weighted by Crippen LogP contribution is 2.27. The Labute approximate surface area is 99.7 Å². The average Bonchev–Trinajstić information content (AvgIpc) is 2.69. The molecule has 3 nitrogen and oxygen atoms in total. The van der Waals surface area contributed by atoms with Crippen molar-refractivity contribution >= 4 is 32.8 Å². The van der Waals surface area contributed by atoms with Gasteiger partial charge in [-0.05, 0) is 41.1 Å². The van der Waals surface area contributed by atoms with Crippen LogP contribution in [-0.2, 0) is 4.74 Å². The molecule has 84 valence electrons. The van der Waals surface area contributed by atoms with Gasteiger partial charge in [-0.2, -0.15) is 0 Å². The molecule has 0 aliphatic rings. The van der Waals surface area contributed by atoms with Gasteiger partial charge in [-0.3, -0.25) is 0 Å². The molecule has 2 rings (SSSR count). The van der Waals surface area contributed by atoms with E-state index >= 15 is 0 Å². The minimum absolute atomic E-state index is 0.309. The number of halogens is 2. The van der Waals surface area contributed by atoms with Crippen LogP contribution >= 0.6 is 15.9 Å². The molecular weight excluding hydrogens is 277 g/mol. The van der Waals surface area contributed by atoms with Crippen LogP contribution in [0.1, 0.15) is 17.4 Å². The number of hydrogen-bond acceptors (Lipinski definition) is 2. The zero-order chi connectivity index (χ0) is 11.7. The van der Waals surface area contributed by atoms with Crippen LogP contribution in [0.4, 0.5) is 4.39 Å². The topological polar surface area (TPSA) is 42.1 Å². The molecule has 5 heteroatoms. The molecule has 0 bridgehead atoms. The Kier molecular flexibility index (Phi) is 2.96. The number of ether oxygens (including phenoxy) is 1. The predicted molar refractivity (Wildman–Crippen MR) is 61.9 cm³/mol. The molecule has 16 heavy (non-hydrogen) atoms. The van der Waals surface area contributed by atoms with E-state index in [0.29, 0.717) is 27.7 Å². The van der Waals surface area contributed by atoms with Crippen molar-refractivity contribution in [3.8, 4) is 0 Å². The number of aromatic amines is 1. The number of carbonyl (C=O) groups excluding carboxylic acids is 1. The highest BCUT2D eigenvalue weighted by Gasteiger charge is 2.13. The normalized spacial score (nSPS) is 10.7. The largest absolute Gasteiger partial charge is 0.461 e. The Balaban J connectivity index is 2.52. The lowest BCUT2D eigenvalue weighted by molar-refractivity contribution is 0.0520. The van der Waals surface area contributed by atoms with Gasteiger partial charge in [0.05, 0.1) is 11.1 Å². The van der Waals surface area contributed by atoms with Crippen molar-refractivity contribution in [3.05, 3.63) is 34.2 Å². The summed E-state index contributed by atoms with van der Waals surface area (Å²) in [5.74, 6) is -0.798. The summed E-state index contributed by atoms with van der Waals surface area (Å²) in [7, 11) is 0. The van der Waals surface area contributed by atoms with Crippen molar-refractivity contribution in [2.75, 3.05) is 6.61 Å². The quantitative estimate of drug-likeness (QED) is 0.861. The van der Waals surface area contributed by atoms with Gasteiger partial charge >= 0.3 is 5.97 Å². The molecule has 0 fully saturated rings. The van der Waals surface area contributed by atoms with E-state index in [1.54, 1.807) is 19.1 Å². The van der Waals surface area contributed by atoms with E-state index in [4.69, 9.17) is 4.74 Å². The second-order valence-corrected chi connectivity index (χ2v) is 4.02. The van der Waals surface area contributed by atoms with Crippen molar-refractivity contribution < 1.29 is 13.9 Å². The van der Waals surface area contributed by atoms with E-state index in [1.807, 2.05) is 0 Å². The third kappa shape index (κ3) is 1.82. The molecule has 0 amide bonds. The third-order valence-electron chi connectivity index (χ3n) is 2.19. The molecule has 0 atom stereocenters. The number of carbonyl (C=O) groups is 1. The molecule has 0 radical (unpaired) electrons. The first kappa shape index (κ1) is 11.1. The summed E-state index contributed by atoms with van der Waals surface area (Å²) in [6, 6.07) is 4.48. The standard InChI is InChI=1S/C11H9BrFNO2/c1-2-16-11(15)9-5-6-8(14-9)4-3-7(13)10(6)12/h3-5,14H,2H2,1H3. The molecule has 2 aromatic rings. The molecular formula is C11H9BrFNO2. The van der Waals surface area contributed by atoms with E-state index in [0.717, 1.165) is 0 Å². The maximum atomic E-state index is 13.2. The van der Waals surface area contributed by atoms with Crippen molar-refractivity contribution in [2.45, 2.75) is 6.92 Å². The number of hydrogen-bond donors (Lipinski definition) is 1. The van der Waals surface area contributed by atoms with Crippen LogP contribution < -0.4 is 0 Å². The maximum absolute atomic E-state index is 13.2. The van der Waals surface area contributed by atoms with Gasteiger partial charge in [-0.15, -0.1) is 0 Å². The van der Waals surface area contributed by atoms with Crippen LogP contribution in [0.15, 0.2) is 22.7 Å². The van der Waals surface area contributed by atoms with Crippen molar-refractivity contribution in [2.24, 2.45) is 0 Å². The smallest absolute Gasteiger partial charge is 0.354 e. The highest BCUT2D eigenvalue weighted by atomic mass is 79.9. The first-order chi connectivity index (χ1) is 7.63. The van der Waals surface area contributed by atoms with Crippen LogP contribution in [0, 0.1) is 5.82 Å². The van der Waals surface area contributed by atoms with Gasteiger partial charge in [0.2, 0.25) is 0 Å². The molecule has 0 aliphatic carbocycles. The molecule has 1 N–H and O–H groups in total. The van der Waals surface area contributed by atoms with Crippen LogP contribution in [0.5, 0.6) is 0 Å².